The highest BCUT2D eigenvalue weighted by molar-refractivity contribution is 7.80. The summed E-state index contributed by atoms with van der Waals surface area (Å²) in [7, 11) is 0. The Morgan fingerprint density at radius 1 is 1.42 bits per heavy atom. The average molecular weight is 296 g/mol. The lowest BCUT2D eigenvalue weighted by Crippen LogP contribution is -2.11. The van der Waals surface area contributed by atoms with Gasteiger partial charge in [0.25, 0.3) is 0 Å². The van der Waals surface area contributed by atoms with Gasteiger partial charge in [-0.2, -0.15) is 5.10 Å². The van der Waals surface area contributed by atoms with E-state index in [1.54, 1.807) is 6.20 Å². The molecule has 0 aliphatic rings. The van der Waals surface area contributed by atoms with E-state index in [-0.39, 0.29) is 0 Å². The molecule has 1 aromatic carbocycles. The van der Waals surface area contributed by atoms with Crippen molar-refractivity contribution in [2.24, 2.45) is 5.73 Å². The number of hydrogen-bond acceptors (Lipinski definition) is 3. The molecule has 0 amide bonds. The molecule has 0 atom stereocenters. The fourth-order valence-corrected chi connectivity index (χ4v) is 1.89. The van der Waals surface area contributed by atoms with Crippen LogP contribution in [0, 0.1) is 6.92 Å². The van der Waals surface area contributed by atoms with Gasteiger partial charge in [-0.05, 0) is 31.2 Å². The van der Waals surface area contributed by atoms with Crippen molar-refractivity contribution in [3.05, 3.63) is 46.7 Å². The first-order valence-corrected chi connectivity index (χ1v) is 6.57. The minimum Gasteiger partial charge on any atom is -0.492 e. The largest absolute Gasteiger partial charge is 0.492 e. The molecule has 4 nitrogen and oxygen atoms in total. The van der Waals surface area contributed by atoms with Gasteiger partial charge in [0, 0.05) is 5.56 Å². The van der Waals surface area contributed by atoms with Crippen molar-refractivity contribution in [3.63, 3.8) is 0 Å². The van der Waals surface area contributed by atoms with E-state index >= 15 is 0 Å². The molecule has 1 heterocycles. The molecule has 2 aromatic rings. The smallest absolute Gasteiger partial charge is 0.119 e. The normalized spacial score (nSPS) is 10.4. The maximum atomic E-state index is 5.92. The lowest BCUT2D eigenvalue weighted by atomic mass is 10.2. The molecule has 0 fully saturated rings. The predicted octanol–water partition coefficient (Wildman–Crippen LogP) is 2.56. The molecule has 0 radical (unpaired) electrons. The van der Waals surface area contributed by atoms with Gasteiger partial charge in [-0.15, -0.1) is 0 Å². The Labute approximate surface area is 122 Å². The molecule has 19 heavy (non-hydrogen) atoms. The van der Waals surface area contributed by atoms with Crippen LogP contribution >= 0.6 is 23.8 Å². The van der Waals surface area contributed by atoms with Gasteiger partial charge in [0.05, 0.1) is 23.5 Å². The van der Waals surface area contributed by atoms with Gasteiger partial charge in [-0.3, -0.25) is 4.68 Å². The molecule has 0 aliphatic heterocycles. The van der Waals surface area contributed by atoms with Gasteiger partial charge in [-0.1, -0.05) is 23.8 Å². The summed E-state index contributed by atoms with van der Waals surface area (Å²) in [6.07, 6.45) is 1.63. The molecule has 0 saturated heterocycles. The predicted molar refractivity (Wildman–Crippen MR) is 79.8 cm³/mol. The summed E-state index contributed by atoms with van der Waals surface area (Å²) in [5.41, 5.74) is 7.30. The van der Waals surface area contributed by atoms with Crippen molar-refractivity contribution < 1.29 is 4.74 Å². The third kappa shape index (κ3) is 3.45. The first kappa shape index (κ1) is 13.8. The number of aromatic nitrogens is 2. The Kier molecular flexibility index (Phi) is 4.39. The van der Waals surface area contributed by atoms with E-state index in [9.17, 15) is 0 Å². The van der Waals surface area contributed by atoms with E-state index in [0.717, 1.165) is 17.0 Å². The van der Waals surface area contributed by atoms with Crippen molar-refractivity contribution in [2.75, 3.05) is 6.61 Å². The maximum Gasteiger partial charge on any atom is 0.119 e. The summed E-state index contributed by atoms with van der Waals surface area (Å²) in [6, 6.07) is 7.37. The van der Waals surface area contributed by atoms with Crippen LogP contribution in [0.1, 0.15) is 11.3 Å². The Morgan fingerprint density at radius 2 is 2.11 bits per heavy atom. The van der Waals surface area contributed by atoms with Crippen LogP contribution in [0.5, 0.6) is 5.75 Å². The number of thiocarbonyl (C=S) groups is 1. The molecule has 100 valence electrons. The Balaban J connectivity index is 1.89. The second-order valence-corrected chi connectivity index (χ2v) is 4.89. The Bertz CT molecular complexity index is 580. The van der Waals surface area contributed by atoms with E-state index in [0.29, 0.717) is 23.2 Å². The minimum absolute atomic E-state index is 0.383. The van der Waals surface area contributed by atoms with Crippen molar-refractivity contribution >= 4 is 28.8 Å². The number of benzene rings is 1. The number of rotatable bonds is 5. The number of nitrogens with two attached hydrogens (primary N) is 1. The van der Waals surface area contributed by atoms with Gasteiger partial charge < -0.3 is 10.5 Å². The zero-order valence-electron chi connectivity index (χ0n) is 10.5. The number of nitrogens with zero attached hydrogens (tertiary/aromatic N) is 2. The van der Waals surface area contributed by atoms with Crippen LogP contribution in [0.25, 0.3) is 0 Å². The van der Waals surface area contributed by atoms with Crippen molar-refractivity contribution in [1.29, 1.82) is 0 Å². The molecule has 0 spiro atoms. The Morgan fingerprint density at radius 3 is 2.63 bits per heavy atom. The van der Waals surface area contributed by atoms with Crippen molar-refractivity contribution in [2.45, 2.75) is 13.5 Å². The SMILES string of the molecule is Cc1c(Cl)cnn1CCOc1ccc(C(N)=S)cc1. The highest BCUT2D eigenvalue weighted by atomic mass is 35.5. The fourth-order valence-electron chi connectivity index (χ4n) is 1.61. The van der Waals surface area contributed by atoms with E-state index in [1.165, 1.54) is 0 Å². The van der Waals surface area contributed by atoms with Crippen LogP contribution in [-0.2, 0) is 6.54 Å². The molecule has 1 aromatic heterocycles. The quantitative estimate of drug-likeness (QED) is 0.861. The first-order valence-electron chi connectivity index (χ1n) is 5.78. The molecule has 2 N–H and O–H groups in total. The monoisotopic (exact) mass is 295 g/mol. The van der Waals surface area contributed by atoms with Crippen LogP contribution < -0.4 is 10.5 Å². The van der Waals surface area contributed by atoms with Crippen LogP contribution in [-0.4, -0.2) is 21.4 Å². The van der Waals surface area contributed by atoms with Gasteiger partial charge in [0.15, 0.2) is 0 Å². The van der Waals surface area contributed by atoms with Gasteiger partial charge in [-0.25, -0.2) is 0 Å². The lowest BCUT2D eigenvalue weighted by molar-refractivity contribution is 0.290. The van der Waals surface area contributed by atoms with Crippen LogP contribution in [0.3, 0.4) is 0 Å². The second-order valence-electron chi connectivity index (χ2n) is 4.04. The summed E-state index contributed by atoms with van der Waals surface area (Å²) >= 11 is 10.8. The molecule has 6 heteroatoms. The summed E-state index contributed by atoms with van der Waals surface area (Å²) in [5, 5.41) is 4.82. The van der Waals surface area contributed by atoms with E-state index < -0.39 is 0 Å². The summed E-state index contributed by atoms with van der Waals surface area (Å²) in [6.45, 7) is 3.09. The van der Waals surface area contributed by atoms with E-state index in [4.69, 9.17) is 34.3 Å². The summed E-state index contributed by atoms with van der Waals surface area (Å²) in [5.74, 6) is 0.774. The molecular formula is C13H14ClN3OS. The summed E-state index contributed by atoms with van der Waals surface area (Å²) < 4.78 is 7.43. The van der Waals surface area contributed by atoms with Crippen molar-refractivity contribution in [1.82, 2.24) is 9.78 Å². The molecule has 0 bridgehead atoms. The van der Waals surface area contributed by atoms with Gasteiger partial charge >= 0.3 is 0 Å². The van der Waals surface area contributed by atoms with Crippen LogP contribution in [0.4, 0.5) is 0 Å². The Hall–Kier alpha value is -1.59. The molecular weight excluding hydrogens is 282 g/mol. The van der Waals surface area contributed by atoms with E-state index in [1.807, 2.05) is 35.9 Å². The maximum absolute atomic E-state index is 5.92. The first-order chi connectivity index (χ1) is 9.08. The average Bonchev–Trinajstić information content (AvgIpc) is 2.71. The second kappa shape index (κ2) is 6.04. The zero-order chi connectivity index (χ0) is 13.8. The number of halogens is 1. The van der Waals surface area contributed by atoms with Crippen LogP contribution in [0.2, 0.25) is 5.02 Å². The standard InChI is InChI=1S/C13H14ClN3OS/c1-9-12(14)8-16-17(9)6-7-18-11-4-2-10(3-5-11)13(15)19/h2-5,8H,6-7H2,1H3,(H2,15,19). The molecule has 0 saturated carbocycles. The third-order valence-electron chi connectivity index (χ3n) is 2.75. The highest BCUT2D eigenvalue weighted by Crippen LogP contribution is 2.14. The number of ether oxygens (including phenoxy) is 1. The van der Waals surface area contributed by atoms with Crippen molar-refractivity contribution in [3.8, 4) is 5.75 Å². The van der Waals surface area contributed by atoms with Gasteiger partial charge in [0.1, 0.15) is 17.3 Å². The lowest BCUT2D eigenvalue weighted by Gasteiger charge is -2.08. The third-order valence-corrected chi connectivity index (χ3v) is 3.36. The molecule has 0 unspecified atom stereocenters. The van der Waals surface area contributed by atoms with Crippen LogP contribution in [0.15, 0.2) is 30.5 Å². The number of hydrogen-bond donors (Lipinski definition) is 1. The highest BCUT2D eigenvalue weighted by Gasteiger charge is 2.03. The molecule has 0 aliphatic carbocycles. The minimum atomic E-state index is 0.383. The van der Waals surface area contributed by atoms with Gasteiger partial charge in [0.2, 0.25) is 0 Å². The topological polar surface area (TPSA) is 53.1 Å². The zero-order valence-corrected chi connectivity index (χ0v) is 12.0. The summed E-state index contributed by atoms with van der Waals surface area (Å²) in [4.78, 5) is 0.383. The molecule has 2 rings (SSSR count). The van der Waals surface area contributed by atoms with E-state index in [2.05, 4.69) is 5.10 Å². The fraction of sp³-hybridized carbons (Fsp3) is 0.231.